The number of aromatic nitrogens is 2. The molecule has 18 heavy (non-hydrogen) atoms. The minimum atomic E-state index is -4.35. The van der Waals surface area contributed by atoms with Crippen LogP contribution in [-0.4, -0.2) is 35.9 Å². The lowest BCUT2D eigenvalue weighted by Crippen LogP contribution is -2.20. The van der Waals surface area contributed by atoms with E-state index in [1.54, 1.807) is 0 Å². The number of nitrogens with zero attached hydrogens (tertiary/aromatic N) is 1. The fourth-order valence-corrected chi connectivity index (χ4v) is 1.31. The van der Waals surface area contributed by atoms with Crippen LogP contribution < -0.4 is 11.3 Å². The van der Waals surface area contributed by atoms with Crippen LogP contribution in [0, 0.1) is 0 Å². The number of ether oxygens (including phenoxy) is 1. The van der Waals surface area contributed by atoms with Crippen LogP contribution in [0.3, 0.4) is 0 Å². The van der Waals surface area contributed by atoms with Gasteiger partial charge in [0.1, 0.15) is 12.4 Å². The normalized spacial score (nSPS) is 11.8. The number of nitrogens with one attached hydrogen (secondary N) is 1. The maximum atomic E-state index is 11.8. The summed E-state index contributed by atoms with van der Waals surface area (Å²) >= 11 is 0. The Balaban J connectivity index is 2.49. The Labute approximate surface area is 101 Å². The topological polar surface area (TPSA) is 81.0 Å². The fourth-order valence-electron chi connectivity index (χ4n) is 1.31. The molecule has 1 heterocycles. The molecule has 1 aromatic heterocycles. The minimum Gasteiger partial charge on any atom is -0.372 e. The monoisotopic (exact) mass is 265 g/mol. The molecule has 0 bridgehead atoms. The van der Waals surface area contributed by atoms with Crippen molar-refractivity contribution in [2.24, 2.45) is 5.73 Å². The summed E-state index contributed by atoms with van der Waals surface area (Å²) in [6.07, 6.45) is -3.79. The van der Waals surface area contributed by atoms with E-state index in [-0.39, 0.29) is 18.6 Å². The quantitative estimate of drug-likeness (QED) is 0.729. The first-order chi connectivity index (χ1) is 8.40. The third-order valence-corrected chi connectivity index (χ3v) is 1.99. The Bertz CT molecular complexity index is 431. The van der Waals surface area contributed by atoms with Crippen LogP contribution in [-0.2, 0) is 17.6 Å². The summed E-state index contributed by atoms with van der Waals surface area (Å²) in [5, 5.41) is 0. The molecule has 0 aliphatic rings. The molecule has 0 aromatic carbocycles. The molecule has 102 valence electrons. The van der Waals surface area contributed by atoms with E-state index in [9.17, 15) is 18.0 Å². The second-order valence-corrected chi connectivity index (χ2v) is 3.64. The molecule has 1 rings (SSSR count). The van der Waals surface area contributed by atoms with Gasteiger partial charge in [0.25, 0.3) is 5.56 Å². The summed E-state index contributed by atoms with van der Waals surface area (Å²) in [6.45, 7) is -1.12. The van der Waals surface area contributed by atoms with Gasteiger partial charge >= 0.3 is 6.18 Å². The molecule has 3 N–H and O–H groups in total. The van der Waals surface area contributed by atoms with Gasteiger partial charge in [0, 0.05) is 24.6 Å². The van der Waals surface area contributed by atoms with Gasteiger partial charge in [-0.1, -0.05) is 0 Å². The van der Waals surface area contributed by atoms with E-state index >= 15 is 0 Å². The van der Waals surface area contributed by atoms with Crippen molar-refractivity contribution in [1.82, 2.24) is 9.97 Å². The molecule has 0 amide bonds. The average Bonchev–Trinajstić information content (AvgIpc) is 2.23. The van der Waals surface area contributed by atoms with Gasteiger partial charge in [0.2, 0.25) is 0 Å². The molecule has 0 saturated carbocycles. The molecule has 0 aliphatic carbocycles. The number of nitrogens with two attached hydrogens (primary N) is 1. The Morgan fingerprint density at radius 3 is 2.72 bits per heavy atom. The first kappa shape index (κ1) is 14.7. The molecule has 0 atom stereocenters. The fraction of sp³-hybridized carbons (Fsp3) is 0.600. The van der Waals surface area contributed by atoms with Gasteiger partial charge in [-0.05, 0) is 6.54 Å². The van der Waals surface area contributed by atoms with Crippen LogP contribution in [0.15, 0.2) is 10.9 Å². The first-order valence-electron chi connectivity index (χ1n) is 5.34. The van der Waals surface area contributed by atoms with Gasteiger partial charge in [-0.2, -0.15) is 13.2 Å². The van der Waals surface area contributed by atoms with Crippen molar-refractivity contribution in [1.29, 1.82) is 0 Å². The van der Waals surface area contributed by atoms with Crippen LogP contribution in [0.1, 0.15) is 11.5 Å². The Morgan fingerprint density at radius 1 is 1.39 bits per heavy atom. The molecule has 0 radical (unpaired) electrons. The lowest BCUT2D eigenvalue weighted by molar-refractivity contribution is -0.173. The Kier molecular flexibility index (Phi) is 5.29. The zero-order chi connectivity index (χ0) is 13.6. The maximum absolute atomic E-state index is 11.8. The molecule has 0 saturated heterocycles. The Morgan fingerprint density at radius 2 is 2.11 bits per heavy atom. The molecule has 5 nitrogen and oxygen atoms in total. The second kappa shape index (κ2) is 6.50. The molecule has 0 spiro atoms. The van der Waals surface area contributed by atoms with Crippen molar-refractivity contribution in [2.75, 3.05) is 19.8 Å². The highest BCUT2D eigenvalue weighted by atomic mass is 19.4. The predicted octanol–water partition coefficient (Wildman–Crippen LogP) is 0.392. The van der Waals surface area contributed by atoms with E-state index in [1.165, 1.54) is 6.07 Å². The molecule has 0 aliphatic heterocycles. The summed E-state index contributed by atoms with van der Waals surface area (Å²) in [5.74, 6) is 0.299. The number of alkyl halides is 3. The molecule has 0 fully saturated rings. The number of H-pyrrole nitrogens is 1. The van der Waals surface area contributed by atoms with Gasteiger partial charge in [-0.15, -0.1) is 0 Å². The molecular formula is C10H14F3N3O2. The van der Waals surface area contributed by atoms with Crippen molar-refractivity contribution in [2.45, 2.75) is 19.0 Å². The van der Waals surface area contributed by atoms with Gasteiger partial charge in [0.15, 0.2) is 0 Å². The van der Waals surface area contributed by atoms with Crippen LogP contribution in [0.25, 0.3) is 0 Å². The van der Waals surface area contributed by atoms with Crippen LogP contribution >= 0.6 is 0 Å². The largest absolute Gasteiger partial charge is 0.411 e. The lowest BCUT2D eigenvalue weighted by atomic mass is 10.3. The minimum absolute atomic E-state index is 0.115. The highest BCUT2D eigenvalue weighted by molar-refractivity contribution is 5.03. The zero-order valence-electron chi connectivity index (χ0n) is 9.59. The van der Waals surface area contributed by atoms with E-state index in [1.807, 2.05) is 0 Å². The third kappa shape index (κ3) is 5.78. The van der Waals surface area contributed by atoms with Gasteiger partial charge in [0.05, 0.1) is 6.61 Å². The smallest absolute Gasteiger partial charge is 0.372 e. The van der Waals surface area contributed by atoms with Crippen molar-refractivity contribution in [3.05, 3.63) is 27.9 Å². The van der Waals surface area contributed by atoms with Crippen molar-refractivity contribution in [3.63, 3.8) is 0 Å². The van der Waals surface area contributed by atoms with Gasteiger partial charge in [-0.3, -0.25) is 4.79 Å². The van der Waals surface area contributed by atoms with Crippen LogP contribution in [0.4, 0.5) is 13.2 Å². The van der Waals surface area contributed by atoms with Gasteiger partial charge < -0.3 is 15.5 Å². The second-order valence-electron chi connectivity index (χ2n) is 3.64. The zero-order valence-corrected chi connectivity index (χ0v) is 9.59. The van der Waals surface area contributed by atoms with Crippen LogP contribution in [0.5, 0.6) is 0 Å². The summed E-state index contributed by atoms with van der Waals surface area (Å²) in [5.41, 5.74) is 5.50. The number of aromatic amines is 1. The van der Waals surface area contributed by atoms with E-state index in [2.05, 4.69) is 14.7 Å². The van der Waals surface area contributed by atoms with Crippen molar-refractivity contribution < 1.29 is 17.9 Å². The van der Waals surface area contributed by atoms with Crippen molar-refractivity contribution in [3.8, 4) is 0 Å². The van der Waals surface area contributed by atoms with E-state index in [0.717, 1.165) is 0 Å². The lowest BCUT2D eigenvalue weighted by Gasteiger charge is -2.07. The average molecular weight is 265 g/mol. The van der Waals surface area contributed by atoms with Gasteiger partial charge in [-0.25, -0.2) is 4.98 Å². The first-order valence-corrected chi connectivity index (χ1v) is 5.34. The summed E-state index contributed by atoms with van der Waals surface area (Å²) < 4.78 is 39.8. The van der Waals surface area contributed by atoms with Crippen molar-refractivity contribution >= 4 is 0 Å². The predicted molar refractivity (Wildman–Crippen MR) is 58.2 cm³/mol. The van der Waals surface area contributed by atoms with E-state index in [4.69, 9.17) is 5.73 Å². The highest BCUT2D eigenvalue weighted by Crippen LogP contribution is 2.14. The Hall–Kier alpha value is -1.41. The third-order valence-electron chi connectivity index (χ3n) is 1.99. The molecule has 1 aromatic rings. The molecule has 8 heteroatoms. The van der Waals surface area contributed by atoms with E-state index in [0.29, 0.717) is 24.5 Å². The maximum Gasteiger partial charge on any atom is 0.411 e. The summed E-state index contributed by atoms with van der Waals surface area (Å²) in [4.78, 5) is 17.7. The number of hydrogen-bond acceptors (Lipinski definition) is 4. The summed E-state index contributed by atoms with van der Waals surface area (Å²) in [6, 6.07) is 1.31. The standard InChI is InChI=1S/C10H14F3N3O2/c11-10(12,13)6-18-4-2-8-15-7(1-3-14)5-9(17)16-8/h5H,1-4,6,14H2,(H,15,16,17). The molecular weight excluding hydrogens is 251 g/mol. The summed E-state index contributed by atoms with van der Waals surface area (Å²) in [7, 11) is 0. The van der Waals surface area contributed by atoms with E-state index < -0.39 is 12.8 Å². The SMILES string of the molecule is NCCc1cc(=O)[nH]c(CCOCC(F)(F)F)n1. The number of halogens is 3. The molecule has 0 unspecified atom stereocenters. The highest BCUT2D eigenvalue weighted by Gasteiger charge is 2.27. The number of rotatable bonds is 6. The van der Waals surface area contributed by atoms with Crippen LogP contribution in [0.2, 0.25) is 0 Å². The number of hydrogen-bond donors (Lipinski definition) is 2.